The van der Waals surface area contributed by atoms with Crippen LogP contribution in [0.25, 0.3) is 5.76 Å². The van der Waals surface area contributed by atoms with E-state index in [2.05, 4.69) is 4.98 Å². The van der Waals surface area contributed by atoms with Crippen molar-refractivity contribution in [2.45, 2.75) is 45.6 Å². The number of benzene rings is 2. The SMILES string of the molecule is Cc1cc(/C(O)=C2\C(=O)C(=O)N(Cc3cccc(C(F)(F)F)c3)C2c2ccncc2)ccc1OC(C)C. The van der Waals surface area contributed by atoms with E-state index in [9.17, 15) is 27.9 Å². The second-order valence-electron chi connectivity index (χ2n) is 9.05. The smallest absolute Gasteiger partial charge is 0.416 e. The summed E-state index contributed by atoms with van der Waals surface area (Å²) in [6.45, 7) is 5.29. The number of ether oxygens (including phenoxy) is 1. The second kappa shape index (κ2) is 10.1. The third-order valence-corrected chi connectivity index (χ3v) is 5.98. The lowest BCUT2D eigenvalue weighted by molar-refractivity contribution is -0.140. The highest BCUT2D eigenvalue weighted by atomic mass is 19.4. The number of hydrogen-bond donors (Lipinski definition) is 1. The lowest BCUT2D eigenvalue weighted by atomic mass is 9.95. The van der Waals surface area contributed by atoms with Crippen LogP contribution < -0.4 is 4.74 Å². The number of hydrogen-bond acceptors (Lipinski definition) is 5. The largest absolute Gasteiger partial charge is 0.507 e. The average molecular weight is 511 g/mol. The molecule has 3 aromatic rings. The first-order valence-corrected chi connectivity index (χ1v) is 11.6. The van der Waals surface area contributed by atoms with Crippen molar-refractivity contribution in [3.63, 3.8) is 0 Å². The molecule has 0 aliphatic carbocycles. The van der Waals surface area contributed by atoms with Gasteiger partial charge in [0.1, 0.15) is 11.5 Å². The fraction of sp³-hybridized carbons (Fsp3) is 0.250. The summed E-state index contributed by atoms with van der Waals surface area (Å²) in [7, 11) is 0. The summed E-state index contributed by atoms with van der Waals surface area (Å²) < 4.78 is 45.5. The Kier molecular flexibility index (Phi) is 7.07. The molecule has 6 nitrogen and oxygen atoms in total. The van der Waals surface area contributed by atoms with E-state index in [-0.39, 0.29) is 29.5 Å². The van der Waals surface area contributed by atoms with Gasteiger partial charge in [0.2, 0.25) is 0 Å². The molecule has 1 saturated heterocycles. The molecule has 1 amide bonds. The molecule has 192 valence electrons. The van der Waals surface area contributed by atoms with Crippen LogP contribution in [-0.2, 0) is 22.3 Å². The minimum Gasteiger partial charge on any atom is -0.507 e. The Morgan fingerprint density at radius 1 is 1.08 bits per heavy atom. The molecule has 1 aliphatic heterocycles. The number of aromatic nitrogens is 1. The first-order chi connectivity index (χ1) is 17.5. The van der Waals surface area contributed by atoms with Gasteiger partial charge in [-0.15, -0.1) is 0 Å². The van der Waals surface area contributed by atoms with E-state index in [1.165, 1.54) is 29.4 Å². The molecular formula is C28H25F3N2O4. The molecule has 9 heteroatoms. The molecule has 0 radical (unpaired) electrons. The van der Waals surface area contributed by atoms with E-state index in [1.807, 2.05) is 13.8 Å². The van der Waals surface area contributed by atoms with Crippen molar-refractivity contribution in [2.75, 3.05) is 0 Å². The van der Waals surface area contributed by atoms with E-state index in [0.29, 0.717) is 16.9 Å². The Hall–Kier alpha value is -4.14. The highest BCUT2D eigenvalue weighted by Crippen LogP contribution is 2.41. The molecule has 1 aromatic heterocycles. The molecule has 2 aromatic carbocycles. The Morgan fingerprint density at radius 3 is 2.41 bits per heavy atom. The number of Topliss-reactive ketones (excluding diaryl/α,β-unsaturated/α-hetero) is 1. The van der Waals surface area contributed by atoms with E-state index in [1.54, 1.807) is 37.3 Å². The quantitative estimate of drug-likeness (QED) is 0.257. The summed E-state index contributed by atoms with van der Waals surface area (Å²) in [4.78, 5) is 31.5. The number of amides is 1. The van der Waals surface area contributed by atoms with Crippen LogP contribution in [0, 0.1) is 6.92 Å². The van der Waals surface area contributed by atoms with Crippen molar-refractivity contribution in [3.8, 4) is 5.75 Å². The summed E-state index contributed by atoms with van der Waals surface area (Å²) in [6, 6.07) is 11.7. The van der Waals surface area contributed by atoms with Crippen LogP contribution in [0.4, 0.5) is 13.2 Å². The maximum absolute atomic E-state index is 13.3. The number of pyridine rings is 1. The number of halogens is 3. The van der Waals surface area contributed by atoms with Gasteiger partial charge in [-0.1, -0.05) is 12.1 Å². The minimum absolute atomic E-state index is 0.0639. The van der Waals surface area contributed by atoms with Gasteiger partial charge in [-0.3, -0.25) is 14.6 Å². The van der Waals surface area contributed by atoms with Crippen LogP contribution in [0.5, 0.6) is 5.75 Å². The van der Waals surface area contributed by atoms with Crippen LogP contribution in [-0.4, -0.2) is 32.8 Å². The van der Waals surface area contributed by atoms with E-state index in [4.69, 9.17) is 4.74 Å². The van der Waals surface area contributed by atoms with Crippen molar-refractivity contribution in [2.24, 2.45) is 0 Å². The van der Waals surface area contributed by atoms with Crippen molar-refractivity contribution >= 4 is 17.4 Å². The third-order valence-electron chi connectivity index (χ3n) is 5.98. The Labute approximate surface area is 212 Å². The fourth-order valence-corrected chi connectivity index (χ4v) is 4.32. The summed E-state index contributed by atoms with van der Waals surface area (Å²) in [5, 5.41) is 11.2. The number of likely N-dealkylation sites (tertiary alicyclic amines) is 1. The standard InChI is InChI=1S/C28H25F3N2O4/c1-16(2)37-22-8-7-20(13-17(22)3)25(34)23-24(19-9-11-32-12-10-19)33(27(36)26(23)35)15-18-5-4-6-21(14-18)28(29,30)31/h4-14,16,24,34H,15H2,1-3H3/b25-23+. The molecule has 0 saturated carbocycles. The fourth-order valence-electron chi connectivity index (χ4n) is 4.32. The Balaban J connectivity index is 1.80. The zero-order valence-corrected chi connectivity index (χ0v) is 20.4. The van der Waals surface area contributed by atoms with Gasteiger partial charge in [0, 0.05) is 24.5 Å². The molecule has 1 aliphatic rings. The summed E-state index contributed by atoms with van der Waals surface area (Å²) in [5.74, 6) is -1.61. The lowest BCUT2D eigenvalue weighted by Gasteiger charge is -2.25. The van der Waals surface area contributed by atoms with Crippen LogP contribution >= 0.6 is 0 Å². The van der Waals surface area contributed by atoms with Crippen molar-refractivity contribution in [1.29, 1.82) is 0 Å². The lowest BCUT2D eigenvalue weighted by Crippen LogP contribution is -2.29. The zero-order chi connectivity index (χ0) is 26.9. The second-order valence-corrected chi connectivity index (χ2v) is 9.05. The third kappa shape index (κ3) is 5.35. The van der Waals surface area contributed by atoms with Crippen molar-refractivity contribution in [3.05, 3.63) is 100 Å². The monoisotopic (exact) mass is 510 g/mol. The van der Waals surface area contributed by atoms with Gasteiger partial charge in [0.25, 0.3) is 11.7 Å². The van der Waals surface area contributed by atoms with Gasteiger partial charge >= 0.3 is 6.18 Å². The van der Waals surface area contributed by atoms with Crippen molar-refractivity contribution in [1.82, 2.24) is 9.88 Å². The molecule has 0 bridgehead atoms. The van der Waals surface area contributed by atoms with Gasteiger partial charge in [-0.2, -0.15) is 13.2 Å². The normalized spacial score (nSPS) is 17.5. The summed E-state index contributed by atoms with van der Waals surface area (Å²) >= 11 is 0. The number of carbonyl (C=O) groups is 2. The molecule has 1 fully saturated rings. The number of nitrogens with zero attached hydrogens (tertiary/aromatic N) is 2. The summed E-state index contributed by atoms with van der Waals surface area (Å²) in [5.41, 5.74) is 0.698. The highest BCUT2D eigenvalue weighted by Gasteiger charge is 2.46. The summed E-state index contributed by atoms with van der Waals surface area (Å²) in [6.07, 6.45) is -1.67. The van der Waals surface area contributed by atoms with Crippen LogP contribution in [0.15, 0.2) is 72.6 Å². The number of alkyl halides is 3. The molecule has 1 N–H and O–H groups in total. The molecule has 1 atom stereocenters. The van der Waals surface area contributed by atoms with E-state index in [0.717, 1.165) is 17.7 Å². The molecular weight excluding hydrogens is 485 g/mol. The first kappa shape index (κ1) is 25.9. The number of aliphatic hydroxyl groups is 1. The van der Waals surface area contributed by atoms with Crippen molar-refractivity contribution < 1.29 is 32.6 Å². The molecule has 1 unspecified atom stereocenters. The Morgan fingerprint density at radius 2 is 1.78 bits per heavy atom. The van der Waals surface area contributed by atoms with Crippen LogP contribution in [0.1, 0.15) is 47.7 Å². The minimum atomic E-state index is -4.56. The molecule has 4 rings (SSSR count). The average Bonchev–Trinajstić information content (AvgIpc) is 3.09. The number of aryl methyl sites for hydroxylation is 1. The van der Waals surface area contributed by atoms with Gasteiger partial charge in [0.05, 0.1) is 23.3 Å². The number of aliphatic hydroxyl groups excluding tert-OH is 1. The van der Waals surface area contributed by atoms with E-state index >= 15 is 0 Å². The zero-order valence-electron chi connectivity index (χ0n) is 20.4. The molecule has 0 spiro atoms. The first-order valence-electron chi connectivity index (χ1n) is 11.6. The predicted molar refractivity (Wildman–Crippen MR) is 130 cm³/mol. The van der Waals surface area contributed by atoms with Gasteiger partial charge in [0.15, 0.2) is 0 Å². The van der Waals surface area contributed by atoms with Gasteiger partial charge in [-0.25, -0.2) is 0 Å². The van der Waals surface area contributed by atoms with Crippen LogP contribution in [0.3, 0.4) is 0 Å². The predicted octanol–water partition coefficient (Wildman–Crippen LogP) is 5.82. The Bertz CT molecular complexity index is 1370. The van der Waals surface area contributed by atoms with Gasteiger partial charge < -0.3 is 14.7 Å². The number of carbonyl (C=O) groups excluding carboxylic acids is 2. The molecule has 2 heterocycles. The number of rotatable bonds is 6. The molecule has 37 heavy (non-hydrogen) atoms. The highest BCUT2D eigenvalue weighted by molar-refractivity contribution is 6.46. The van der Waals surface area contributed by atoms with E-state index < -0.39 is 29.5 Å². The maximum Gasteiger partial charge on any atom is 0.416 e. The van der Waals surface area contributed by atoms with Gasteiger partial charge in [-0.05, 0) is 79.9 Å². The maximum atomic E-state index is 13.3. The van der Waals surface area contributed by atoms with Crippen LogP contribution in [0.2, 0.25) is 0 Å². The number of ketones is 1. The topological polar surface area (TPSA) is 79.7 Å².